The highest BCUT2D eigenvalue weighted by Gasteiger charge is 2.28. The second-order valence-electron chi connectivity index (χ2n) is 19.4. The molecule has 0 radical (unpaired) electrons. The van der Waals surface area contributed by atoms with Crippen LogP contribution in [0, 0.1) is 0 Å². The molecule has 0 amide bonds. The van der Waals surface area contributed by atoms with Crippen molar-refractivity contribution in [1.29, 1.82) is 0 Å². The van der Waals surface area contributed by atoms with Gasteiger partial charge in [0.2, 0.25) is 0 Å². The fourth-order valence-electron chi connectivity index (χ4n) is 7.42. The zero-order valence-electron chi connectivity index (χ0n) is 49.7. The summed E-state index contributed by atoms with van der Waals surface area (Å²) in [4.78, 5) is 48.7. The van der Waals surface area contributed by atoms with Gasteiger partial charge in [-0.25, -0.2) is 4.57 Å². The third-order valence-corrected chi connectivity index (χ3v) is 12.9. The van der Waals surface area contributed by atoms with Gasteiger partial charge >= 0.3 is 25.7 Å². The molecule has 0 aromatic carbocycles. The average molecular weight is 1130 g/mol. The molecule has 0 aliphatic carbocycles. The summed E-state index contributed by atoms with van der Waals surface area (Å²) in [5, 5.41) is 9.83. The van der Waals surface area contributed by atoms with Crippen LogP contribution in [0.5, 0.6) is 0 Å². The molecule has 3 unspecified atom stereocenters. The van der Waals surface area contributed by atoms with Gasteiger partial charge in [0.25, 0.3) is 0 Å². The Kier molecular flexibility index (Phi) is 56.5. The highest BCUT2D eigenvalue weighted by atomic mass is 31.2. The van der Waals surface area contributed by atoms with Gasteiger partial charge in [-0.1, -0.05) is 211 Å². The number of unbranched alkanes of at least 4 members (excludes halogenated alkanes) is 11. The number of phosphoric acid groups is 1. The van der Waals surface area contributed by atoms with E-state index < -0.39 is 57.8 Å². The van der Waals surface area contributed by atoms with Crippen molar-refractivity contribution in [3.63, 3.8) is 0 Å². The van der Waals surface area contributed by atoms with Gasteiger partial charge in [-0.15, -0.1) is 0 Å². The number of esters is 3. The van der Waals surface area contributed by atoms with E-state index in [-0.39, 0.29) is 25.9 Å². The maximum absolute atomic E-state index is 12.9. The maximum Gasteiger partial charge on any atom is 0.472 e. The lowest BCUT2D eigenvalue weighted by Gasteiger charge is -2.21. The molecule has 0 heterocycles. The smallest absolute Gasteiger partial charge is 0.462 e. The van der Waals surface area contributed by atoms with E-state index in [1.54, 1.807) is 0 Å². The van der Waals surface area contributed by atoms with E-state index in [0.717, 1.165) is 154 Å². The monoisotopic (exact) mass is 1130 g/mol. The Labute approximate surface area is 485 Å². The molecule has 12 heteroatoms. The van der Waals surface area contributed by atoms with Crippen LogP contribution >= 0.6 is 7.82 Å². The summed E-state index contributed by atoms with van der Waals surface area (Å²) < 4.78 is 39.5. The van der Waals surface area contributed by atoms with E-state index in [2.05, 4.69) is 179 Å². The average Bonchev–Trinajstić information content (AvgIpc) is 3.45. The van der Waals surface area contributed by atoms with Crippen molar-refractivity contribution in [1.82, 2.24) is 0 Å². The Morgan fingerprint density at radius 1 is 0.350 bits per heavy atom. The van der Waals surface area contributed by atoms with E-state index in [9.17, 15) is 28.9 Å². The largest absolute Gasteiger partial charge is 0.472 e. The second kappa shape index (κ2) is 60.2. The summed E-state index contributed by atoms with van der Waals surface area (Å²) in [6.07, 6.45) is 79.1. The SMILES string of the molecule is CC/C=C\C/C=C\C/C=C\C/C=C\C/C=C\CCCCCC(=O)OCC(COP(=O)(O)OCC(CO)OC(=O)CCCCCCC/C=C\C/C=C\C/C=C\CC)OC(=O)CCCCC/C=C\C/C=C\C/C=C\C/C=C\C/C=C\CC. The standard InChI is InChI=1S/C68H107O11P/c1-4-7-10-13-16-19-22-25-28-30-32-34-37-39-42-45-48-51-54-57-66(70)75-61-65(79-68(72)59-56-53-50-47-44-41-38-35-33-31-29-26-23-20-17-14-11-8-5-2)63-77-80(73,74)76-62-64(60-69)78-67(71)58-55-52-49-46-43-40-36-27-24-21-18-15-12-9-6-3/h7-12,16-21,25-29,32-36,39,41-42,44,64-65,69H,4-6,13-15,22-24,30-31,37-38,40,43,45-63H2,1-3H3,(H,73,74)/b10-7-,11-8-,12-9-,19-16-,20-17-,21-18-,28-25-,29-26-,34-32-,35-33-,36-27-,42-39-,44-41-. The van der Waals surface area contributed by atoms with Crippen LogP contribution in [0.2, 0.25) is 0 Å². The minimum absolute atomic E-state index is 0.110. The van der Waals surface area contributed by atoms with Gasteiger partial charge in [0.1, 0.15) is 12.7 Å². The molecule has 0 aromatic rings. The fraction of sp³-hybridized carbons (Fsp3) is 0.574. The molecule has 0 spiro atoms. The summed E-state index contributed by atoms with van der Waals surface area (Å²) in [6.45, 7) is 4.19. The van der Waals surface area contributed by atoms with Gasteiger partial charge in [0.05, 0.1) is 19.8 Å². The summed E-state index contributed by atoms with van der Waals surface area (Å²) >= 11 is 0. The molecule has 0 rings (SSSR count). The van der Waals surface area contributed by atoms with Crippen LogP contribution in [0.25, 0.3) is 0 Å². The van der Waals surface area contributed by atoms with Crippen molar-refractivity contribution in [2.24, 2.45) is 0 Å². The third kappa shape index (κ3) is 57.8. The summed E-state index contributed by atoms with van der Waals surface area (Å²) in [5.41, 5.74) is 0. The molecule has 3 atom stereocenters. The van der Waals surface area contributed by atoms with Crippen molar-refractivity contribution >= 4 is 25.7 Å². The molecule has 0 bridgehead atoms. The first-order valence-corrected chi connectivity index (χ1v) is 31.9. The van der Waals surface area contributed by atoms with E-state index in [4.69, 9.17) is 23.3 Å². The van der Waals surface area contributed by atoms with Gasteiger partial charge in [0, 0.05) is 19.3 Å². The number of carbonyl (C=O) groups is 3. The van der Waals surface area contributed by atoms with E-state index in [1.807, 2.05) is 0 Å². The predicted molar refractivity (Wildman–Crippen MR) is 334 cm³/mol. The van der Waals surface area contributed by atoms with Crippen LogP contribution in [-0.2, 0) is 42.2 Å². The van der Waals surface area contributed by atoms with Gasteiger partial charge in [-0.05, 0) is 141 Å². The summed E-state index contributed by atoms with van der Waals surface area (Å²) in [6, 6.07) is 0. The maximum atomic E-state index is 12.9. The molecule has 11 nitrogen and oxygen atoms in total. The number of aliphatic hydroxyl groups excluding tert-OH is 1. The van der Waals surface area contributed by atoms with E-state index >= 15 is 0 Å². The number of carbonyl (C=O) groups excluding carboxylic acids is 3. The topological polar surface area (TPSA) is 155 Å². The van der Waals surface area contributed by atoms with Gasteiger partial charge in [0.15, 0.2) is 6.10 Å². The molecule has 0 fully saturated rings. The number of phosphoric ester groups is 1. The fourth-order valence-corrected chi connectivity index (χ4v) is 8.21. The number of aliphatic hydroxyl groups is 1. The molecular formula is C68H107O11P. The number of rotatable bonds is 54. The second-order valence-corrected chi connectivity index (χ2v) is 20.8. The van der Waals surface area contributed by atoms with Crippen LogP contribution in [0.4, 0.5) is 0 Å². The zero-order chi connectivity index (χ0) is 58.3. The molecule has 2 N–H and O–H groups in total. The number of allylic oxidation sites excluding steroid dienone is 26. The van der Waals surface area contributed by atoms with Gasteiger partial charge < -0.3 is 24.2 Å². The highest BCUT2D eigenvalue weighted by molar-refractivity contribution is 7.47. The Balaban J connectivity index is 4.89. The van der Waals surface area contributed by atoms with Crippen LogP contribution in [0.1, 0.15) is 213 Å². The number of hydrogen-bond acceptors (Lipinski definition) is 10. The molecule has 80 heavy (non-hydrogen) atoms. The summed E-state index contributed by atoms with van der Waals surface area (Å²) in [7, 11) is -4.79. The highest BCUT2D eigenvalue weighted by Crippen LogP contribution is 2.43. The van der Waals surface area contributed by atoms with Gasteiger partial charge in [-0.3, -0.25) is 23.4 Å². The van der Waals surface area contributed by atoms with Crippen molar-refractivity contribution in [2.45, 2.75) is 226 Å². The third-order valence-electron chi connectivity index (χ3n) is 11.9. The first-order valence-electron chi connectivity index (χ1n) is 30.4. The molecule has 0 saturated carbocycles. The van der Waals surface area contributed by atoms with Crippen LogP contribution in [0.15, 0.2) is 158 Å². The quantitative estimate of drug-likeness (QED) is 0.0197. The zero-order valence-corrected chi connectivity index (χ0v) is 50.6. The number of hydrogen-bond donors (Lipinski definition) is 2. The van der Waals surface area contributed by atoms with Crippen molar-refractivity contribution in [2.75, 3.05) is 26.4 Å². The van der Waals surface area contributed by atoms with Crippen LogP contribution in [0.3, 0.4) is 0 Å². The van der Waals surface area contributed by atoms with E-state index in [0.29, 0.717) is 19.3 Å². The Morgan fingerprint density at radius 3 is 0.950 bits per heavy atom. The number of ether oxygens (including phenoxy) is 3. The Morgan fingerprint density at radius 2 is 0.613 bits per heavy atom. The normalized spacial score (nSPS) is 14.4. The Bertz CT molecular complexity index is 1950. The van der Waals surface area contributed by atoms with Crippen LogP contribution in [-0.4, -0.2) is 66.5 Å². The lowest BCUT2D eigenvalue weighted by molar-refractivity contribution is -0.161. The molecule has 450 valence electrons. The van der Waals surface area contributed by atoms with E-state index in [1.165, 1.54) is 0 Å². The minimum atomic E-state index is -4.79. The molecule has 0 aliphatic heterocycles. The molecule has 0 aliphatic rings. The van der Waals surface area contributed by atoms with Crippen molar-refractivity contribution in [3.8, 4) is 0 Å². The first kappa shape index (κ1) is 75.1. The Hall–Kier alpha value is -4.90. The lowest BCUT2D eigenvalue weighted by atomic mass is 10.1. The minimum Gasteiger partial charge on any atom is -0.462 e. The van der Waals surface area contributed by atoms with Crippen molar-refractivity contribution in [3.05, 3.63) is 158 Å². The molecule has 0 saturated heterocycles. The summed E-state index contributed by atoms with van der Waals surface area (Å²) in [5.74, 6) is -1.58. The molecular weight excluding hydrogens is 1020 g/mol. The predicted octanol–water partition coefficient (Wildman–Crippen LogP) is 18.5. The lowest BCUT2D eigenvalue weighted by Crippen LogP contribution is -2.30. The molecule has 0 aromatic heterocycles. The van der Waals surface area contributed by atoms with Crippen molar-refractivity contribution < 1.29 is 52.2 Å². The van der Waals surface area contributed by atoms with Gasteiger partial charge in [-0.2, -0.15) is 0 Å². The first-order chi connectivity index (χ1) is 39.2. The van der Waals surface area contributed by atoms with Crippen LogP contribution < -0.4 is 0 Å².